The SMILES string of the molecule is CCCCCCCCCCCCC/C=C/CCCCCC(CC(=O)[O-])C(=O)O.[Na+]. The average molecular weight is 419 g/mol. The van der Waals surface area contributed by atoms with Gasteiger partial charge in [0.2, 0.25) is 0 Å². The largest absolute Gasteiger partial charge is 1.00 e. The predicted molar refractivity (Wildman–Crippen MR) is 114 cm³/mol. The summed E-state index contributed by atoms with van der Waals surface area (Å²) in [5.41, 5.74) is 0. The molecule has 1 N–H and O–H groups in total. The molecule has 0 spiro atoms. The van der Waals surface area contributed by atoms with Gasteiger partial charge in [0.1, 0.15) is 0 Å². The number of hydrogen-bond acceptors (Lipinski definition) is 3. The molecule has 0 aliphatic rings. The van der Waals surface area contributed by atoms with Gasteiger partial charge >= 0.3 is 35.5 Å². The van der Waals surface area contributed by atoms with E-state index in [2.05, 4.69) is 19.1 Å². The zero-order valence-corrected chi connectivity index (χ0v) is 21.1. The normalized spacial score (nSPS) is 12.0. The molecule has 0 bridgehead atoms. The standard InChI is InChI=1S/C24H44O4.Na/c1-2-3-4-5-6-7-8-9-10-11-12-13-14-15-16-17-18-19-20-22(24(27)28)21-23(25)26;/h14-15,22H,2-13,16-21H2,1H3,(H,25,26)(H,27,28);/q;+1/p-1/b15-14+;. The van der Waals surface area contributed by atoms with Gasteiger partial charge in [-0.15, -0.1) is 0 Å². The molecule has 0 heterocycles. The van der Waals surface area contributed by atoms with Crippen LogP contribution in [0.25, 0.3) is 0 Å². The zero-order chi connectivity index (χ0) is 20.9. The van der Waals surface area contributed by atoms with Crippen LogP contribution in [0.15, 0.2) is 12.2 Å². The van der Waals surface area contributed by atoms with Crippen LogP contribution in [0.2, 0.25) is 0 Å². The fourth-order valence-corrected chi connectivity index (χ4v) is 3.51. The fraction of sp³-hybridized carbons (Fsp3) is 0.833. The van der Waals surface area contributed by atoms with E-state index in [0.717, 1.165) is 32.1 Å². The van der Waals surface area contributed by atoms with Crippen LogP contribution < -0.4 is 34.7 Å². The minimum atomic E-state index is -1.28. The molecule has 0 aliphatic heterocycles. The molecule has 1 unspecified atom stereocenters. The average Bonchev–Trinajstić information content (AvgIpc) is 2.65. The number of carbonyl (C=O) groups excluding carboxylic acids is 1. The van der Waals surface area contributed by atoms with Crippen molar-refractivity contribution in [3.63, 3.8) is 0 Å². The molecule has 5 heteroatoms. The Balaban J connectivity index is 0. The zero-order valence-electron chi connectivity index (χ0n) is 19.1. The summed E-state index contributed by atoms with van der Waals surface area (Å²) in [7, 11) is 0. The van der Waals surface area contributed by atoms with Crippen molar-refractivity contribution in [2.45, 2.75) is 122 Å². The number of aliphatic carboxylic acids is 2. The van der Waals surface area contributed by atoms with Crippen LogP contribution in [-0.4, -0.2) is 17.0 Å². The van der Waals surface area contributed by atoms with Crippen LogP contribution in [0, 0.1) is 5.92 Å². The molecule has 0 aliphatic carbocycles. The third kappa shape index (κ3) is 23.8. The summed E-state index contributed by atoms with van der Waals surface area (Å²) in [5.74, 6) is -3.12. The number of carboxylic acid groups (broad SMARTS) is 2. The number of hydrogen-bond donors (Lipinski definition) is 1. The second-order valence-electron chi connectivity index (χ2n) is 8.04. The fourth-order valence-electron chi connectivity index (χ4n) is 3.51. The Kier molecular flexibility index (Phi) is 25.5. The molecule has 0 aromatic heterocycles. The van der Waals surface area contributed by atoms with Gasteiger partial charge in [-0.25, -0.2) is 0 Å². The summed E-state index contributed by atoms with van der Waals surface area (Å²) in [6, 6.07) is 0. The molecule has 0 radical (unpaired) electrons. The van der Waals surface area contributed by atoms with Gasteiger partial charge in [-0.3, -0.25) is 4.79 Å². The van der Waals surface area contributed by atoms with E-state index in [-0.39, 0.29) is 36.0 Å². The van der Waals surface area contributed by atoms with Crippen LogP contribution in [0.4, 0.5) is 0 Å². The maximum Gasteiger partial charge on any atom is 1.00 e. The maximum atomic E-state index is 10.9. The minimum absolute atomic E-state index is 0. The molecular weight excluding hydrogens is 375 g/mol. The molecule has 0 amide bonds. The number of carboxylic acids is 2. The smallest absolute Gasteiger partial charge is 0.550 e. The van der Waals surface area contributed by atoms with Crippen molar-refractivity contribution in [3.8, 4) is 0 Å². The Morgan fingerprint density at radius 2 is 1.17 bits per heavy atom. The van der Waals surface area contributed by atoms with Gasteiger partial charge in [-0.2, -0.15) is 0 Å². The number of carbonyl (C=O) groups is 2. The topological polar surface area (TPSA) is 77.4 Å². The van der Waals surface area contributed by atoms with E-state index in [1.54, 1.807) is 0 Å². The first-order valence-electron chi connectivity index (χ1n) is 11.7. The van der Waals surface area contributed by atoms with E-state index < -0.39 is 17.9 Å². The molecule has 4 nitrogen and oxygen atoms in total. The molecule has 1 atom stereocenters. The minimum Gasteiger partial charge on any atom is -0.550 e. The molecule has 0 fully saturated rings. The van der Waals surface area contributed by atoms with E-state index in [0.29, 0.717) is 6.42 Å². The van der Waals surface area contributed by atoms with Crippen molar-refractivity contribution < 1.29 is 49.4 Å². The number of allylic oxidation sites excluding steroid dienone is 2. The first-order valence-corrected chi connectivity index (χ1v) is 11.7. The molecular formula is C24H43NaO4. The Labute approximate surface area is 201 Å². The molecule has 164 valence electrons. The Bertz CT molecular complexity index is 410. The number of rotatable bonds is 21. The van der Waals surface area contributed by atoms with Gasteiger partial charge < -0.3 is 15.0 Å². The summed E-state index contributed by atoms with van der Waals surface area (Å²) < 4.78 is 0. The third-order valence-electron chi connectivity index (χ3n) is 5.33. The summed E-state index contributed by atoms with van der Waals surface area (Å²) >= 11 is 0. The van der Waals surface area contributed by atoms with Crippen LogP contribution in [0.1, 0.15) is 122 Å². The molecule has 0 saturated heterocycles. The summed E-state index contributed by atoms with van der Waals surface area (Å²) in [4.78, 5) is 21.5. The van der Waals surface area contributed by atoms with E-state index in [4.69, 9.17) is 5.11 Å². The van der Waals surface area contributed by atoms with Gasteiger partial charge in [-0.1, -0.05) is 96.1 Å². The van der Waals surface area contributed by atoms with Crippen LogP contribution >= 0.6 is 0 Å². The first-order chi connectivity index (χ1) is 13.6. The van der Waals surface area contributed by atoms with Crippen LogP contribution in [0.3, 0.4) is 0 Å². The predicted octanol–water partition coefficient (Wildman–Crippen LogP) is 3.04. The Hall–Kier alpha value is -0.320. The van der Waals surface area contributed by atoms with E-state index in [1.807, 2.05) is 0 Å². The Morgan fingerprint density at radius 1 is 0.759 bits per heavy atom. The molecule has 0 aromatic rings. The third-order valence-corrected chi connectivity index (χ3v) is 5.33. The van der Waals surface area contributed by atoms with Gasteiger partial charge in [0.15, 0.2) is 0 Å². The molecule has 0 aromatic carbocycles. The van der Waals surface area contributed by atoms with Crippen molar-refractivity contribution in [2.75, 3.05) is 0 Å². The van der Waals surface area contributed by atoms with Crippen LogP contribution in [0.5, 0.6) is 0 Å². The Morgan fingerprint density at radius 3 is 1.59 bits per heavy atom. The monoisotopic (exact) mass is 418 g/mol. The molecule has 0 saturated carbocycles. The van der Waals surface area contributed by atoms with Crippen LogP contribution in [-0.2, 0) is 9.59 Å². The molecule has 0 rings (SSSR count). The first kappa shape index (κ1) is 30.9. The maximum absolute atomic E-state index is 10.9. The second kappa shape index (κ2) is 24.0. The van der Waals surface area contributed by atoms with Crippen molar-refractivity contribution in [1.82, 2.24) is 0 Å². The van der Waals surface area contributed by atoms with E-state index in [9.17, 15) is 14.7 Å². The van der Waals surface area contributed by atoms with Gasteiger partial charge in [0.05, 0.1) is 5.92 Å². The van der Waals surface area contributed by atoms with E-state index in [1.165, 1.54) is 70.6 Å². The summed E-state index contributed by atoms with van der Waals surface area (Å²) in [6.07, 6.45) is 24.6. The molecule has 29 heavy (non-hydrogen) atoms. The van der Waals surface area contributed by atoms with Crippen molar-refractivity contribution in [1.29, 1.82) is 0 Å². The van der Waals surface area contributed by atoms with Gasteiger partial charge in [0.25, 0.3) is 0 Å². The van der Waals surface area contributed by atoms with Crippen molar-refractivity contribution in [3.05, 3.63) is 12.2 Å². The van der Waals surface area contributed by atoms with E-state index >= 15 is 0 Å². The summed E-state index contributed by atoms with van der Waals surface area (Å²) in [5, 5.41) is 19.5. The van der Waals surface area contributed by atoms with Crippen molar-refractivity contribution >= 4 is 11.9 Å². The van der Waals surface area contributed by atoms with Crippen molar-refractivity contribution in [2.24, 2.45) is 5.92 Å². The van der Waals surface area contributed by atoms with Gasteiger partial charge in [-0.05, 0) is 32.1 Å². The second-order valence-corrected chi connectivity index (χ2v) is 8.04. The quantitative estimate of drug-likeness (QED) is 0.177. The van der Waals surface area contributed by atoms with Gasteiger partial charge in [0, 0.05) is 12.4 Å². The number of unbranched alkanes of at least 4 members (excludes halogenated alkanes) is 14. The summed E-state index contributed by atoms with van der Waals surface area (Å²) in [6.45, 7) is 2.26.